The molecule has 0 saturated heterocycles. The highest BCUT2D eigenvalue weighted by atomic mass is 32.2. The van der Waals surface area contributed by atoms with Gasteiger partial charge in [0, 0.05) is 15.3 Å². The molecule has 7 heteroatoms. The molecule has 0 unspecified atom stereocenters. The van der Waals surface area contributed by atoms with Crippen LogP contribution >= 0.6 is 23.1 Å². The van der Waals surface area contributed by atoms with E-state index in [1.807, 2.05) is 19.9 Å². The SMILES string of the molecule is Cc1cc(C(=O)CSc2ncnc3nc[nH]c23)c(C)s1. The number of fused-ring (bicyclic) bond motifs is 1. The Labute approximate surface area is 123 Å². The molecule has 0 aromatic carbocycles. The van der Waals surface area contributed by atoms with E-state index in [9.17, 15) is 4.79 Å². The first-order valence-corrected chi connectivity index (χ1v) is 7.82. The number of hydrogen-bond acceptors (Lipinski definition) is 6. The Morgan fingerprint density at radius 2 is 2.20 bits per heavy atom. The maximum Gasteiger partial charge on any atom is 0.181 e. The number of aryl methyl sites for hydroxylation is 2. The van der Waals surface area contributed by atoms with E-state index in [2.05, 4.69) is 19.9 Å². The Bertz CT molecular complexity index is 778. The van der Waals surface area contributed by atoms with Gasteiger partial charge < -0.3 is 4.98 Å². The van der Waals surface area contributed by atoms with E-state index in [1.165, 1.54) is 18.1 Å². The van der Waals surface area contributed by atoms with Crippen LogP contribution in [0.15, 0.2) is 23.7 Å². The lowest BCUT2D eigenvalue weighted by molar-refractivity contribution is 0.102. The van der Waals surface area contributed by atoms with Gasteiger partial charge in [-0.2, -0.15) is 0 Å². The summed E-state index contributed by atoms with van der Waals surface area (Å²) in [6.07, 6.45) is 3.05. The van der Waals surface area contributed by atoms with Crippen molar-refractivity contribution in [3.63, 3.8) is 0 Å². The average Bonchev–Trinajstić information content (AvgIpc) is 3.02. The summed E-state index contributed by atoms with van der Waals surface area (Å²) >= 11 is 3.06. The van der Waals surface area contributed by atoms with Gasteiger partial charge in [0.1, 0.15) is 16.9 Å². The lowest BCUT2D eigenvalue weighted by Crippen LogP contribution is -2.03. The van der Waals surface area contributed by atoms with E-state index in [0.717, 1.165) is 25.9 Å². The summed E-state index contributed by atoms with van der Waals surface area (Å²) in [5.41, 5.74) is 2.22. The van der Waals surface area contributed by atoms with Crippen LogP contribution in [-0.4, -0.2) is 31.5 Å². The molecule has 0 amide bonds. The third kappa shape index (κ3) is 2.46. The normalized spacial score (nSPS) is 11.1. The third-order valence-electron chi connectivity index (χ3n) is 2.87. The van der Waals surface area contributed by atoms with Gasteiger partial charge in [0.15, 0.2) is 11.4 Å². The van der Waals surface area contributed by atoms with E-state index in [1.54, 1.807) is 17.7 Å². The van der Waals surface area contributed by atoms with Crippen molar-refractivity contribution in [2.75, 3.05) is 5.75 Å². The van der Waals surface area contributed by atoms with Crippen molar-refractivity contribution in [1.82, 2.24) is 19.9 Å². The van der Waals surface area contributed by atoms with Crippen LogP contribution in [0.5, 0.6) is 0 Å². The Balaban J connectivity index is 1.78. The zero-order chi connectivity index (χ0) is 14.1. The van der Waals surface area contributed by atoms with Crippen molar-refractivity contribution in [2.45, 2.75) is 18.9 Å². The summed E-state index contributed by atoms with van der Waals surface area (Å²) in [7, 11) is 0. The number of hydrogen-bond donors (Lipinski definition) is 1. The highest BCUT2D eigenvalue weighted by molar-refractivity contribution is 8.00. The number of H-pyrrole nitrogens is 1. The van der Waals surface area contributed by atoms with Gasteiger partial charge in [0.05, 0.1) is 12.1 Å². The van der Waals surface area contributed by atoms with Crippen molar-refractivity contribution >= 4 is 40.0 Å². The van der Waals surface area contributed by atoms with E-state index in [4.69, 9.17) is 0 Å². The molecule has 3 aromatic heterocycles. The molecule has 3 rings (SSSR count). The Morgan fingerprint density at radius 1 is 1.35 bits per heavy atom. The van der Waals surface area contributed by atoms with Crippen LogP contribution < -0.4 is 0 Å². The Morgan fingerprint density at radius 3 is 2.95 bits per heavy atom. The fourth-order valence-electron chi connectivity index (χ4n) is 1.97. The van der Waals surface area contributed by atoms with Gasteiger partial charge >= 0.3 is 0 Å². The standard InChI is InChI=1S/C13H12N4OS2/c1-7-3-9(8(2)20-7)10(18)4-19-13-11-12(15-5-14-11)16-6-17-13/h3,5-6H,4H2,1-2H3,(H,14,15,16,17). The largest absolute Gasteiger partial charge is 0.341 e. The zero-order valence-corrected chi connectivity index (χ0v) is 12.6. The first kappa shape index (κ1) is 13.3. The lowest BCUT2D eigenvalue weighted by atomic mass is 10.2. The summed E-state index contributed by atoms with van der Waals surface area (Å²) in [6, 6.07) is 1.95. The molecule has 5 nitrogen and oxygen atoms in total. The van der Waals surface area contributed by atoms with Crippen molar-refractivity contribution in [2.24, 2.45) is 0 Å². The van der Waals surface area contributed by atoms with Crippen LogP contribution in [0, 0.1) is 13.8 Å². The minimum absolute atomic E-state index is 0.128. The molecule has 0 bridgehead atoms. The number of nitrogens with zero attached hydrogens (tertiary/aromatic N) is 3. The quantitative estimate of drug-likeness (QED) is 0.456. The monoisotopic (exact) mass is 304 g/mol. The lowest BCUT2D eigenvalue weighted by Gasteiger charge is -2.01. The van der Waals surface area contributed by atoms with Gasteiger partial charge in [-0.3, -0.25) is 4.79 Å². The van der Waals surface area contributed by atoms with Gasteiger partial charge in [-0.25, -0.2) is 15.0 Å². The van der Waals surface area contributed by atoms with Crippen molar-refractivity contribution in [3.05, 3.63) is 34.0 Å². The smallest absolute Gasteiger partial charge is 0.181 e. The fourth-order valence-corrected chi connectivity index (χ4v) is 3.75. The van der Waals surface area contributed by atoms with E-state index < -0.39 is 0 Å². The molecular weight excluding hydrogens is 292 g/mol. The molecule has 0 fully saturated rings. The second-order valence-corrected chi connectivity index (χ2v) is 6.74. The third-order valence-corrected chi connectivity index (χ3v) is 4.82. The number of aromatic amines is 1. The molecule has 0 aliphatic carbocycles. The van der Waals surface area contributed by atoms with Crippen molar-refractivity contribution in [3.8, 4) is 0 Å². The zero-order valence-electron chi connectivity index (χ0n) is 11.0. The maximum absolute atomic E-state index is 12.2. The van der Waals surface area contributed by atoms with E-state index in [0.29, 0.717) is 11.4 Å². The molecule has 1 N–H and O–H groups in total. The second-order valence-electron chi connectivity index (χ2n) is 4.32. The summed E-state index contributed by atoms with van der Waals surface area (Å²) < 4.78 is 0. The second kappa shape index (κ2) is 5.34. The number of Topliss-reactive ketones (excluding diaryl/α,β-unsaturated/α-hetero) is 1. The molecule has 3 aromatic rings. The molecule has 102 valence electrons. The van der Waals surface area contributed by atoms with Crippen LogP contribution in [0.1, 0.15) is 20.1 Å². The van der Waals surface area contributed by atoms with Crippen molar-refractivity contribution < 1.29 is 4.79 Å². The minimum Gasteiger partial charge on any atom is -0.341 e. The topological polar surface area (TPSA) is 71.5 Å². The highest BCUT2D eigenvalue weighted by Crippen LogP contribution is 2.26. The molecule has 20 heavy (non-hydrogen) atoms. The molecule has 0 radical (unpaired) electrons. The number of thioether (sulfide) groups is 1. The van der Waals surface area contributed by atoms with Gasteiger partial charge in [-0.1, -0.05) is 11.8 Å². The fraction of sp³-hybridized carbons (Fsp3) is 0.231. The van der Waals surface area contributed by atoms with E-state index in [-0.39, 0.29) is 5.78 Å². The molecule has 3 heterocycles. The molecular formula is C13H12N4OS2. The number of carbonyl (C=O) groups is 1. The van der Waals surface area contributed by atoms with E-state index >= 15 is 0 Å². The number of imidazole rings is 1. The maximum atomic E-state index is 12.2. The van der Waals surface area contributed by atoms with Crippen LogP contribution in [0.2, 0.25) is 0 Å². The molecule has 0 spiro atoms. The summed E-state index contributed by atoms with van der Waals surface area (Å²) in [6.45, 7) is 3.99. The number of aromatic nitrogens is 4. The van der Waals surface area contributed by atoms with Gasteiger partial charge in [0.2, 0.25) is 0 Å². The number of ketones is 1. The van der Waals surface area contributed by atoms with Crippen LogP contribution in [0.4, 0.5) is 0 Å². The summed E-state index contributed by atoms with van der Waals surface area (Å²) in [4.78, 5) is 29.8. The molecule has 0 aliphatic heterocycles. The molecule has 0 atom stereocenters. The predicted molar refractivity (Wildman–Crippen MR) is 80.5 cm³/mol. The number of carbonyl (C=O) groups excluding carboxylic acids is 1. The average molecular weight is 304 g/mol. The molecule has 0 saturated carbocycles. The van der Waals surface area contributed by atoms with Gasteiger partial charge in [0.25, 0.3) is 0 Å². The summed E-state index contributed by atoms with van der Waals surface area (Å²) in [5.74, 6) is 0.491. The predicted octanol–water partition coefficient (Wildman–Crippen LogP) is 3.01. The van der Waals surface area contributed by atoms with Gasteiger partial charge in [-0.15, -0.1) is 11.3 Å². The highest BCUT2D eigenvalue weighted by Gasteiger charge is 2.14. The number of rotatable bonds is 4. The Hall–Kier alpha value is -1.73. The van der Waals surface area contributed by atoms with Crippen molar-refractivity contribution in [1.29, 1.82) is 0 Å². The van der Waals surface area contributed by atoms with Crippen LogP contribution in [0.3, 0.4) is 0 Å². The Kier molecular flexibility index (Phi) is 3.54. The van der Waals surface area contributed by atoms with Crippen LogP contribution in [-0.2, 0) is 0 Å². The summed E-state index contributed by atoms with van der Waals surface area (Å²) in [5, 5.41) is 0.755. The van der Waals surface area contributed by atoms with Crippen LogP contribution in [0.25, 0.3) is 11.2 Å². The minimum atomic E-state index is 0.128. The first-order chi connectivity index (χ1) is 9.65. The number of nitrogens with one attached hydrogen (secondary N) is 1. The number of thiophene rings is 1. The van der Waals surface area contributed by atoms with Gasteiger partial charge in [-0.05, 0) is 19.9 Å². The first-order valence-electron chi connectivity index (χ1n) is 6.02. The molecule has 0 aliphatic rings.